The monoisotopic (exact) mass is 330 g/mol. The van der Waals surface area contributed by atoms with Crippen LogP contribution in [0.2, 0.25) is 0 Å². The number of rotatable bonds is 10. The minimum atomic E-state index is -3.26. The molecule has 0 saturated carbocycles. The third kappa shape index (κ3) is 8.77. The lowest BCUT2D eigenvalue weighted by atomic mass is 10.3. The molecule has 0 unspecified atom stereocenters. The minimum absolute atomic E-state index is 0.0720. The first-order valence-electron chi connectivity index (χ1n) is 6.57. The quantitative estimate of drug-likeness (QED) is 0.296. The van der Waals surface area contributed by atoms with E-state index in [1.807, 2.05) is 19.1 Å². The lowest BCUT2D eigenvalue weighted by molar-refractivity contribution is 0.162. The first-order chi connectivity index (χ1) is 9.89. The Morgan fingerprint density at radius 1 is 1.38 bits per heavy atom. The maximum absolute atomic E-state index is 11.8. The first kappa shape index (κ1) is 18.0. The van der Waals surface area contributed by atoms with E-state index in [2.05, 4.69) is 11.3 Å². The molecule has 0 aromatic heterocycles. The van der Waals surface area contributed by atoms with Gasteiger partial charge in [0.2, 0.25) is 10.0 Å². The molecular formula is C14H22N2O3S2. The molecule has 0 saturated heterocycles. The van der Waals surface area contributed by atoms with Crippen molar-refractivity contribution in [1.29, 1.82) is 0 Å². The zero-order valence-electron chi connectivity index (χ0n) is 12.2. The van der Waals surface area contributed by atoms with Crippen molar-refractivity contribution in [3.8, 4) is 0 Å². The molecule has 1 rings (SSSR count). The van der Waals surface area contributed by atoms with Crippen LogP contribution >= 0.6 is 11.8 Å². The van der Waals surface area contributed by atoms with Gasteiger partial charge in [-0.3, -0.25) is 0 Å². The molecule has 0 fully saturated rings. The Hall–Kier alpha value is -1.02. The molecule has 0 radical (unpaired) electrons. The molecule has 0 amide bonds. The third-order valence-electron chi connectivity index (χ3n) is 2.42. The van der Waals surface area contributed by atoms with Crippen LogP contribution in [0.3, 0.4) is 0 Å². The van der Waals surface area contributed by atoms with Gasteiger partial charge in [-0.25, -0.2) is 13.1 Å². The van der Waals surface area contributed by atoms with Crippen molar-refractivity contribution in [2.45, 2.75) is 11.8 Å². The van der Waals surface area contributed by atoms with Gasteiger partial charge in [0.25, 0.3) is 0 Å². The van der Waals surface area contributed by atoms with Crippen LogP contribution < -0.4 is 10.5 Å². The van der Waals surface area contributed by atoms with Gasteiger partial charge in [-0.05, 0) is 31.2 Å². The molecule has 118 valence electrons. The van der Waals surface area contributed by atoms with E-state index in [9.17, 15) is 8.42 Å². The summed E-state index contributed by atoms with van der Waals surface area (Å²) in [4.78, 5) is 1.00. The summed E-state index contributed by atoms with van der Waals surface area (Å²) in [6.45, 7) is 6.64. The third-order valence-corrected chi connectivity index (χ3v) is 5.08. The van der Waals surface area contributed by atoms with E-state index < -0.39 is 10.0 Å². The maximum atomic E-state index is 11.8. The fourth-order valence-electron chi connectivity index (χ4n) is 1.42. The number of nitrogen functional groups attached to an aromatic ring is 1. The van der Waals surface area contributed by atoms with Gasteiger partial charge in [0.15, 0.2) is 0 Å². The lowest BCUT2D eigenvalue weighted by Crippen LogP contribution is -2.30. The summed E-state index contributed by atoms with van der Waals surface area (Å²) in [5.74, 6) is 0.564. The van der Waals surface area contributed by atoms with E-state index in [1.54, 1.807) is 12.1 Å². The van der Waals surface area contributed by atoms with Gasteiger partial charge in [-0.2, -0.15) is 0 Å². The van der Waals surface area contributed by atoms with E-state index in [0.29, 0.717) is 24.7 Å². The highest BCUT2D eigenvalue weighted by molar-refractivity contribution is 8.00. The molecule has 0 aliphatic heterocycles. The highest BCUT2D eigenvalue weighted by Crippen LogP contribution is 2.19. The van der Waals surface area contributed by atoms with Crippen LogP contribution in [-0.4, -0.2) is 39.7 Å². The van der Waals surface area contributed by atoms with Crippen molar-refractivity contribution in [2.24, 2.45) is 0 Å². The van der Waals surface area contributed by atoms with Crippen molar-refractivity contribution in [2.75, 3.05) is 37.0 Å². The fourth-order valence-corrected chi connectivity index (χ4v) is 3.74. The number of nitrogens with two attached hydrogens (primary N) is 1. The molecule has 7 heteroatoms. The molecule has 5 nitrogen and oxygen atoms in total. The van der Waals surface area contributed by atoms with Crippen LogP contribution in [0.5, 0.6) is 0 Å². The molecular weight excluding hydrogens is 308 g/mol. The minimum Gasteiger partial charge on any atom is -0.399 e. The second-order valence-electron chi connectivity index (χ2n) is 4.64. The summed E-state index contributed by atoms with van der Waals surface area (Å²) in [5, 5.41) is 0. The van der Waals surface area contributed by atoms with Crippen LogP contribution in [-0.2, 0) is 14.8 Å². The van der Waals surface area contributed by atoms with E-state index in [0.717, 1.165) is 10.5 Å². The number of anilines is 1. The Morgan fingerprint density at radius 3 is 2.67 bits per heavy atom. The molecule has 3 N–H and O–H groups in total. The van der Waals surface area contributed by atoms with Gasteiger partial charge in [-0.15, -0.1) is 11.8 Å². The molecule has 0 aliphatic rings. The maximum Gasteiger partial charge on any atom is 0.212 e. The average molecular weight is 330 g/mol. The smallest absolute Gasteiger partial charge is 0.212 e. The molecule has 1 aromatic rings. The van der Waals surface area contributed by atoms with E-state index in [1.165, 1.54) is 11.8 Å². The van der Waals surface area contributed by atoms with Crippen LogP contribution in [0.4, 0.5) is 5.69 Å². The van der Waals surface area contributed by atoms with E-state index >= 15 is 0 Å². The molecule has 0 spiro atoms. The van der Waals surface area contributed by atoms with Gasteiger partial charge < -0.3 is 10.5 Å². The Kier molecular flexibility index (Phi) is 7.81. The number of nitrogens with one attached hydrogen (secondary N) is 1. The summed E-state index contributed by atoms with van der Waals surface area (Å²) < 4.78 is 31.3. The van der Waals surface area contributed by atoms with Crippen LogP contribution in [0, 0.1) is 0 Å². The van der Waals surface area contributed by atoms with E-state index in [4.69, 9.17) is 10.5 Å². The first-order valence-corrected chi connectivity index (χ1v) is 9.20. The summed E-state index contributed by atoms with van der Waals surface area (Å²) >= 11 is 1.49. The zero-order valence-corrected chi connectivity index (χ0v) is 13.8. The van der Waals surface area contributed by atoms with E-state index in [-0.39, 0.29) is 12.3 Å². The molecule has 1 aromatic carbocycles. The largest absolute Gasteiger partial charge is 0.399 e. The van der Waals surface area contributed by atoms with Crippen molar-refractivity contribution >= 4 is 27.5 Å². The summed E-state index contributed by atoms with van der Waals surface area (Å²) in [6, 6.07) is 7.36. The van der Waals surface area contributed by atoms with Gasteiger partial charge in [0, 0.05) is 22.9 Å². The fraction of sp³-hybridized carbons (Fsp3) is 0.429. The predicted octanol–water partition coefficient (Wildman–Crippen LogP) is 1.87. The number of benzene rings is 1. The van der Waals surface area contributed by atoms with Crippen molar-refractivity contribution < 1.29 is 13.2 Å². The molecule has 21 heavy (non-hydrogen) atoms. The van der Waals surface area contributed by atoms with Gasteiger partial charge in [0.1, 0.15) is 0 Å². The predicted molar refractivity (Wildman–Crippen MR) is 89.0 cm³/mol. The second-order valence-corrected chi connectivity index (χ2v) is 7.74. The summed E-state index contributed by atoms with van der Waals surface area (Å²) in [5.41, 5.74) is 7.20. The highest BCUT2D eigenvalue weighted by atomic mass is 32.2. The molecule has 0 bridgehead atoms. The van der Waals surface area contributed by atoms with Gasteiger partial charge in [0.05, 0.1) is 19.0 Å². The number of ether oxygens (including phenoxy) is 1. The standard InChI is InChI=1S/C14H22N2O3S2/c1-12(2)11-19-8-7-16-21(17,18)10-9-20-14-5-3-13(15)4-6-14/h3-6,16H,1,7-11,15H2,2H3. The van der Waals surface area contributed by atoms with Crippen molar-refractivity contribution in [3.05, 3.63) is 36.4 Å². The Balaban J connectivity index is 2.20. The zero-order chi connectivity index (χ0) is 15.7. The number of hydrogen-bond donors (Lipinski definition) is 2. The normalized spacial score (nSPS) is 11.5. The van der Waals surface area contributed by atoms with Gasteiger partial charge in [-0.1, -0.05) is 12.2 Å². The van der Waals surface area contributed by atoms with Gasteiger partial charge >= 0.3 is 0 Å². The summed E-state index contributed by atoms with van der Waals surface area (Å²) in [7, 11) is -3.26. The second kappa shape index (κ2) is 9.09. The topological polar surface area (TPSA) is 81.4 Å². The molecule has 0 aliphatic carbocycles. The SMILES string of the molecule is C=C(C)COCCNS(=O)(=O)CCSc1ccc(N)cc1. The Morgan fingerprint density at radius 2 is 2.05 bits per heavy atom. The lowest BCUT2D eigenvalue weighted by Gasteiger charge is -2.07. The number of thioether (sulfide) groups is 1. The average Bonchev–Trinajstić information content (AvgIpc) is 2.40. The number of hydrogen-bond acceptors (Lipinski definition) is 5. The molecule has 0 atom stereocenters. The van der Waals surface area contributed by atoms with Crippen LogP contribution in [0.15, 0.2) is 41.3 Å². The summed E-state index contributed by atoms with van der Waals surface area (Å²) in [6.07, 6.45) is 0. The Labute approximate surface area is 131 Å². The van der Waals surface area contributed by atoms with Crippen LogP contribution in [0.1, 0.15) is 6.92 Å². The Bertz CT molecular complexity index is 542. The van der Waals surface area contributed by atoms with Crippen LogP contribution in [0.25, 0.3) is 0 Å². The van der Waals surface area contributed by atoms with Crippen molar-refractivity contribution in [1.82, 2.24) is 4.72 Å². The molecule has 0 heterocycles. The van der Waals surface area contributed by atoms with Crippen molar-refractivity contribution in [3.63, 3.8) is 0 Å². The highest BCUT2D eigenvalue weighted by Gasteiger charge is 2.09. The number of sulfonamides is 1.